The van der Waals surface area contributed by atoms with Crippen molar-refractivity contribution in [2.24, 2.45) is 5.92 Å². The summed E-state index contributed by atoms with van der Waals surface area (Å²) in [7, 11) is 0. The van der Waals surface area contributed by atoms with Crippen LogP contribution in [0.15, 0.2) is 15.9 Å². The number of thiophene rings is 1. The molecule has 3 rings (SSSR count). The van der Waals surface area contributed by atoms with E-state index < -0.39 is 6.09 Å². The van der Waals surface area contributed by atoms with Gasteiger partial charge in [0.25, 0.3) is 0 Å². The molecule has 1 amide bonds. The fourth-order valence-electron chi connectivity index (χ4n) is 2.29. The van der Waals surface area contributed by atoms with Crippen molar-refractivity contribution < 1.29 is 9.90 Å². The number of amides is 1. The Labute approximate surface area is 113 Å². The number of carbonyl (C=O) groups is 1. The molecule has 1 aromatic rings. The Kier molecular flexibility index (Phi) is 2.91. The molecule has 17 heavy (non-hydrogen) atoms. The van der Waals surface area contributed by atoms with Crippen LogP contribution in [0.2, 0.25) is 0 Å². The summed E-state index contributed by atoms with van der Waals surface area (Å²) in [5.74, 6) is 1.06. The Balaban J connectivity index is 1.66. The maximum atomic E-state index is 11.2. The Morgan fingerprint density at radius 3 is 2.82 bits per heavy atom. The summed E-state index contributed by atoms with van der Waals surface area (Å²) < 4.78 is 1.13. The van der Waals surface area contributed by atoms with Crippen molar-refractivity contribution in [3.05, 3.63) is 20.8 Å². The lowest BCUT2D eigenvalue weighted by Gasteiger charge is -2.18. The van der Waals surface area contributed by atoms with Crippen LogP contribution in [-0.2, 0) is 0 Å². The first kappa shape index (κ1) is 11.5. The van der Waals surface area contributed by atoms with Crippen molar-refractivity contribution in [2.75, 3.05) is 6.54 Å². The average Bonchev–Trinajstić information content (AvgIpc) is 3.17. The molecular weight excluding hydrogens is 302 g/mol. The predicted molar refractivity (Wildman–Crippen MR) is 70.6 cm³/mol. The zero-order valence-corrected chi connectivity index (χ0v) is 11.7. The zero-order chi connectivity index (χ0) is 12.0. The molecule has 5 heteroatoms. The fraction of sp³-hybridized carbons (Fsp3) is 0.583. The highest BCUT2D eigenvalue weighted by molar-refractivity contribution is 9.11. The highest BCUT2D eigenvalue weighted by Gasteiger charge is 2.46. The van der Waals surface area contributed by atoms with Crippen LogP contribution >= 0.6 is 27.3 Å². The van der Waals surface area contributed by atoms with Crippen LogP contribution in [-0.4, -0.2) is 28.7 Å². The lowest BCUT2D eigenvalue weighted by atomic mass is 10.3. The van der Waals surface area contributed by atoms with Crippen molar-refractivity contribution in [3.8, 4) is 0 Å². The molecule has 0 saturated heterocycles. The normalized spacial score (nSPS) is 26.9. The van der Waals surface area contributed by atoms with E-state index in [1.165, 1.54) is 17.7 Å². The molecule has 2 atom stereocenters. The fourth-order valence-corrected chi connectivity index (χ4v) is 3.89. The van der Waals surface area contributed by atoms with E-state index in [-0.39, 0.29) is 6.04 Å². The molecule has 3 nitrogen and oxygen atoms in total. The Hall–Kier alpha value is -0.550. The maximum Gasteiger partial charge on any atom is 0.407 e. The summed E-state index contributed by atoms with van der Waals surface area (Å²) in [5.41, 5.74) is 0. The molecule has 2 aliphatic rings. The van der Waals surface area contributed by atoms with E-state index in [0.717, 1.165) is 16.8 Å². The molecular formula is C12H14BrNO2S. The lowest BCUT2D eigenvalue weighted by Crippen LogP contribution is -2.34. The lowest BCUT2D eigenvalue weighted by molar-refractivity contribution is 0.139. The SMILES string of the molecule is O=C(O)N(CC1CC1)C1CC1c1ccc(Br)s1. The van der Waals surface area contributed by atoms with E-state index in [1.807, 2.05) is 6.07 Å². The third-order valence-electron chi connectivity index (χ3n) is 3.51. The molecule has 1 N–H and O–H groups in total. The molecule has 0 bridgehead atoms. The third kappa shape index (κ3) is 2.50. The van der Waals surface area contributed by atoms with Gasteiger partial charge in [-0.3, -0.25) is 0 Å². The van der Waals surface area contributed by atoms with Crippen molar-refractivity contribution in [3.63, 3.8) is 0 Å². The van der Waals surface area contributed by atoms with E-state index in [0.29, 0.717) is 11.8 Å². The Morgan fingerprint density at radius 1 is 1.53 bits per heavy atom. The minimum Gasteiger partial charge on any atom is -0.465 e. The third-order valence-corrected chi connectivity index (χ3v) is 5.27. The number of carboxylic acid groups (broad SMARTS) is 1. The zero-order valence-electron chi connectivity index (χ0n) is 9.30. The predicted octanol–water partition coefficient (Wildman–Crippen LogP) is 3.76. The number of halogens is 1. The van der Waals surface area contributed by atoms with Crippen molar-refractivity contribution in [1.29, 1.82) is 0 Å². The van der Waals surface area contributed by atoms with Gasteiger partial charge in [-0.15, -0.1) is 11.3 Å². The van der Waals surface area contributed by atoms with Gasteiger partial charge < -0.3 is 10.0 Å². The highest BCUT2D eigenvalue weighted by Crippen LogP contribution is 2.48. The molecule has 0 aliphatic heterocycles. The van der Waals surface area contributed by atoms with Crippen LogP contribution < -0.4 is 0 Å². The summed E-state index contributed by atoms with van der Waals surface area (Å²) >= 11 is 5.18. The molecule has 92 valence electrons. The number of hydrogen-bond acceptors (Lipinski definition) is 2. The first-order valence-corrected chi connectivity index (χ1v) is 7.51. The van der Waals surface area contributed by atoms with Crippen LogP contribution in [0.1, 0.15) is 30.1 Å². The molecule has 1 aromatic heterocycles. The van der Waals surface area contributed by atoms with Crippen molar-refractivity contribution in [2.45, 2.75) is 31.2 Å². The number of rotatable bonds is 4. The molecule has 0 radical (unpaired) electrons. The first-order chi connectivity index (χ1) is 8.15. The molecule has 2 fully saturated rings. The minimum atomic E-state index is -0.750. The number of nitrogens with zero attached hydrogens (tertiary/aromatic N) is 1. The highest BCUT2D eigenvalue weighted by atomic mass is 79.9. The van der Waals surface area contributed by atoms with Crippen LogP contribution in [0.4, 0.5) is 4.79 Å². The van der Waals surface area contributed by atoms with Crippen molar-refractivity contribution in [1.82, 2.24) is 4.90 Å². The van der Waals surface area contributed by atoms with Gasteiger partial charge in [-0.05, 0) is 53.2 Å². The molecule has 0 spiro atoms. The first-order valence-electron chi connectivity index (χ1n) is 5.90. The van der Waals surface area contributed by atoms with Gasteiger partial charge in [-0.25, -0.2) is 4.79 Å². The van der Waals surface area contributed by atoms with E-state index in [2.05, 4.69) is 22.0 Å². The minimum absolute atomic E-state index is 0.221. The molecule has 1 heterocycles. The van der Waals surface area contributed by atoms with Gasteiger partial charge in [-0.2, -0.15) is 0 Å². The topological polar surface area (TPSA) is 40.5 Å². The summed E-state index contributed by atoms with van der Waals surface area (Å²) in [6.45, 7) is 0.739. The Bertz CT molecular complexity index is 443. The van der Waals surface area contributed by atoms with Crippen LogP contribution in [0.5, 0.6) is 0 Å². The van der Waals surface area contributed by atoms with Gasteiger partial charge in [0.05, 0.1) is 3.79 Å². The largest absolute Gasteiger partial charge is 0.465 e. The average molecular weight is 316 g/mol. The molecule has 2 saturated carbocycles. The van der Waals surface area contributed by atoms with Gasteiger partial charge in [-0.1, -0.05) is 0 Å². The van der Waals surface area contributed by atoms with Crippen LogP contribution in [0.3, 0.4) is 0 Å². The molecule has 2 unspecified atom stereocenters. The van der Waals surface area contributed by atoms with Crippen molar-refractivity contribution >= 4 is 33.4 Å². The van der Waals surface area contributed by atoms with E-state index >= 15 is 0 Å². The van der Waals surface area contributed by atoms with Crippen LogP contribution in [0, 0.1) is 5.92 Å². The number of hydrogen-bond donors (Lipinski definition) is 1. The second kappa shape index (κ2) is 4.28. The van der Waals surface area contributed by atoms with Gasteiger partial charge in [0.2, 0.25) is 0 Å². The van der Waals surface area contributed by atoms with Gasteiger partial charge >= 0.3 is 6.09 Å². The summed E-state index contributed by atoms with van der Waals surface area (Å²) in [6.07, 6.45) is 2.64. The Morgan fingerprint density at radius 2 is 2.29 bits per heavy atom. The van der Waals surface area contributed by atoms with Gasteiger partial charge in [0.15, 0.2) is 0 Å². The quantitative estimate of drug-likeness (QED) is 0.919. The van der Waals surface area contributed by atoms with Crippen LogP contribution in [0.25, 0.3) is 0 Å². The molecule has 0 aromatic carbocycles. The van der Waals surface area contributed by atoms with E-state index in [4.69, 9.17) is 0 Å². The summed E-state index contributed by atoms with van der Waals surface area (Å²) in [5, 5.41) is 9.25. The van der Waals surface area contributed by atoms with E-state index in [9.17, 15) is 9.90 Å². The second-order valence-corrected chi connectivity index (χ2v) is 7.42. The van der Waals surface area contributed by atoms with E-state index in [1.54, 1.807) is 16.2 Å². The second-order valence-electron chi connectivity index (χ2n) is 4.93. The van der Waals surface area contributed by atoms with Gasteiger partial charge in [0, 0.05) is 23.4 Å². The monoisotopic (exact) mass is 315 g/mol. The molecule has 2 aliphatic carbocycles. The van der Waals surface area contributed by atoms with Gasteiger partial charge in [0.1, 0.15) is 0 Å². The maximum absolute atomic E-state index is 11.2. The smallest absolute Gasteiger partial charge is 0.407 e. The standard InChI is InChI=1S/C12H14BrNO2S/c13-11-4-3-10(17-11)8-5-9(8)14(12(15)16)6-7-1-2-7/h3-4,7-9H,1-2,5-6H2,(H,15,16). The summed E-state index contributed by atoms with van der Waals surface area (Å²) in [6, 6.07) is 4.37. The summed E-state index contributed by atoms with van der Waals surface area (Å²) in [4.78, 5) is 14.2.